The summed E-state index contributed by atoms with van der Waals surface area (Å²) in [5, 5.41) is 12.8. The predicted octanol–water partition coefficient (Wildman–Crippen LogP) is 3.71. The van der Waals surface area contributed by atoms with Gasteiger partial charge in [0.1, 0.15) is 5.75 Å². The number of rotatable bonds is 5. The van der Waals surface area contributed by atoms with Crippen molar-refractivity contribution < 1.29 is 19.4 Å². The maximum atomic E-state index is 12.2. The Labute approximate surface area is 147 Å². The van der Waals surface area contributed by atoms with E-state index in [0.29, 0.717) is 31.7 Å². The molecule has 0 atom stereocenters. The molecule has 1 fully saturated rings. The molecule has 25 heavy (non-hydrogen) atoms. The van der Waals surface area contributed by atoms with Crippen molar-refractivity contribution in [2.24, 2.45) is 0 Å². The predicted molar refractivity (Wildman–Crippen MR) is 95.5 cm³/mol. The largest absolute Gasteiger partial charge is 0.506 e. The Bertz CT molecular complexity index is 721. The summed E-state index contributed by atoms with van der Waals surface area (Å²) >= 11 is 0. The van der Waals surface area contributed by atoms with Gasteiger partial charge in [-0.2, -0.15) is 0 Å². The molecule has 1 amide bonds. The first-order valence-electron chi connectivity index (χ1n) is 8.53. The average molecular weight is 341 g/mol. The third-order valence-electron chi connectivity index (χ3n) is 4.16. The number of anilines is 1. The maximum absolute atomic E-state index is 12.2. The summed E-state index contributed by atoms with van der Waals surface area (Å²) in [6.45, 7) is 3.32. The van der Waals surface area contributed by atoms with Crippen molar-refractivity contribution in [3.63, 3.8) is 0 Å². The fraction of sp³-hybridized carbons (Fsp3) is 0.350. The Morgan fingerprint density at radius 1 is 1.16 bits per heavy atom. The van der Waals surface area contributed by atoms with Crippen LogP contribution in [0.1, 0.15) is 35.8 Å². The summed E-state index contributed by atoms with van der Waals surface area (Å²) in [5.41, 5.74) is 3.47. The number of carbonyl (C=O) groups excluding carboxylic acids is 1. The molecule has 3 rings (SSSR count). The van der Waals surface area contributed by atoms with Gasteiger partial charge in [-0.05, 0) is 37.5 Å². The lowest BCUT2D eigenvalue weighted by atomic mass is 10.1. The number of aryl methyl sites for hydroxylation is 2. The second kappa shape index (κ2) is 8.14. The number of aromatic hydroxyl groups is 1. The van der Waals surface area contributed by atoms with Gasteiger partial charge in [0.25, 0.3) is 0 Å². The lowest BCUT2D eigenvalue weighted by molar-refractivity contribution is -0.183. The molecular weight excluding hydrogens is 318 g/mol. The highest BCUT2D eigenvalue weighted by molar-refractivity contribution is 5.92. The summed E-state index contributed by atoms with van der Waals surface area (Å²) in [6.07, 6.45) is 1.43. The third kappa shape index (κ3) is 4.81. The molecule has 1 heterocycles. The number of carbonyl (C=O) groups is 1. The van der Waals surface area contributed by atoms with Crippen LogP contribution in [-0.2, 0) is 20.7 Å². The van der Waals surface area contributed by atoms with Crippen molar-refractivity contribution in [1.82, 2.24) is 0 Å². The molecule has 0 aliphatic carbocycles. The lowest BCUT2D eigenvalue weighted by Gasteiger charge is -2.24. The summed E-state index contributed by atoms with van der Waals surface area (Å²) < 4.78 is 11.1. The van der Waals surface area contributed by atoms with Gasteiger partial charge in [0, 0.05) is 12.0 Å². The number of phenolic OH excluding ortho intramolecular Hbond substituents is 1. The zero-order chi connectivity index (χ0) is 17.6. The topological polar surface area (TPSA) is 67.8 Å². The van der Waals surface area contributed by atoms with Gasteiger partial charge in [-0.1, -0.05) is 35.9 Å². The van der Waals surface area contributed by atoms with Crippen LogP contribution in [0, 0.1) is 6.92 Å². The molecule has 0 saturated carbocycles. The molecule has 0 unspecified atom stereocenters. The first-order valence-corrected chi connectivity index (χ1v) is 8.53. The zero-order valence-electron chi connectivity index (χ0n) is 14.3. The van der Waals surface area contributed by atoms with Gasteiger partial charge in [-0.25, -0.2) is 0 Å². The molecule has 2 aromatic carbocycles. The quantitative estimate of drug-likeness (QED) is 0.814. The number of nitrogens with one attached hydrogen (secondary N) is 1. The Morgan fingerprint density at radius 3 is 2.60 bits per heavy atom. The summed E-state index contributed by atoms with van der Waals surface area (Å²) in [7, 11) is 0. The van der Waals surface area contributed by atoms with Crippen molar-refractivity contribution in [3.05, 3.63) is 59.2 Å². The van der Waals surface area contributed by atoms with E-state index < -0.39 is 6.29 Å². The Balaban J connectivity index is 1.60. The van der Waals surface area contributed by atoms with Crippen molar-refractivity contribution in [2.75, 3.05) is 18.5 Å². The van der Waals surface area contributed by atoms with Crippen molar-refractivity contribution in [3.8, 4) is 5.75 Å². The average Bonchev–Trinajstić information content (AvgIpc) is 2.64. The molecule has 1 saturated heterocycles. The van der Waals surface area contributed by atoms with Crippen molar-refractivity contribution in [2.45, 2.75) is 32.5 Å². The minimum absolute atomic E-state index is 0.0308. The molecule has 0 aromatic heterocycles. The van der Waals surface area contributed by atoms with Gasteiger partial charge < -0.3 is 19.9 Å². The molecule has 2 N–H and O–H groups in total. The Kier molecular flexibility index (Phi) is 5.68. The van der Waals surface area contributed by atoms with E-state index in [0.717, 1.165) is 17.5 Å². The molecular formula is C20H23NO4. The molecule has 1 aliphatic rings. The monoisotopic (exact) mass is 341 g/mol. The maximum Gasteiger partial charge on any atom is 0.224 e. The summed E-state index contributed by atoms with van der Waals surface area (Å²) in [4.78, 5) is 12.2. The van der Waals surface area contributed by atoms with E-state index in [1.165, 1.54) is 5.56 Å². The van der Waals surface area contributed by atoms with Gasteiger partial charge in [0.2, 0.25) is 5.91 Å². The Morgan fingerprint density at radius 2 is 1.88 bits per heavy atom. The van der Waals surface area contributed by atoms with Gasteiger partial charge >= 0.3 is 0 Å². The molecule has 5 nitrogen and oxygen atoms in total. The molecule has 1 aliphatic heterocycles. The second-order valence-electron chi connectivity index (χ2n) is 6.24. The Hall–Kier alpha value is -2.37. The smallest absolute Gasteiger partial charge is 0.224 e. The van der Waals surface area contributed by atoms with E-state index in [-0.39, 0.29) is 11.7 Å². The van der Waals surface area contributed by atoms with Gasteiger partial charge in [-0.15, -0.1) is 0 Å². The highest BCUT2D eigenvalue weighted by Gasteiger charge is 2.18. The first kappa shape index (κ1) is 17.5. The van der Waals surface area contributed by atoms with Crippen LogP contribution in [0.5, 0.6) is 5.75 Å². The van der Waals surface area contributed by atoms with Crippen LogP contribution in [0.15, 0.2) is 42.5 Å². The molecule has 132 valence electrons. The number of ether oxygens (including phenoxy) is 2. The van der Waals surface area contributed by atoms with Gasteiger partial charge in [0.05, 0.1) is 18.9 Å². The van der Waals surface area contributed by atoms with Crippen LogP contribution in [-0.4, -0.2) is 24.2 Å². The SMILES string of the molecule is Cc1ccc(CCC(=O)Nc2cc(C3OCCCO3)ccc2O)cc1. The highest BCUT2D eigenvalue weighted by atomic mass is 16.7. The summed E-state index contributed by atoms with van der Waals surface area (Å²) in [6, 6.07) is 13.1. The van der Waals surface area contributed by atoms with E-state index >= 15 is 0 Å². The fourth-order valence-corrected chi connectivity index (χ4v) is 2.71. The summed E-state index contributed by atoms with van der Waals surface area (Å²) in [5.74, 6) is -0.109. The van der Waals surface area contributed by atoms with E-state index in [1.54, 1.807) is 18.2 Å². The van der Waals surface area contributed by atoms with E-state index in [1.807, 2.05) is 31.2 Å². The number of hydrogen-bond donors (Lipinski definition) is 2. The van der Waals surface area contributed by atoms with E-state index in [4.69, 9.17) is 9.47 Å². The minimum atomic E-state index is -0.447. The first-order chi connectivity index (χ1) is 12.1. The molecule has 0 bridgehead atoms. The standard InChI is InChI=1S/C20H23NO4/c1-14-3-5-15(6-4-14)7-10-19(23)21-17-13-16(8-9-18(17)22)20-24-11-2-12-25-20/h3-6,8-9,13,20,22H,2,7,10-12H2,1H3,(H,21,23). The van der Waals surface area contributed by atoms with Crippen molar-refractivity contribution >= 4 is 11.6 Å². The van der Waals surface area contributed by atoms with E-state index in [2.05, 4.69) is 5.32 Å². The van der Waals surface area contributed by atoms with E-state index in [9.17, 15) is 9.90 Å². The van der Waals surface area contributed by atoms with Crippen LogP contribution in [0.4, 0.5) is 5.69 Å². The van der Waals surface area contributed by atoms with Crippen molar-refractivity contribution in [1.29, 1.82) is 0 Å². The highest BCUT2D eigenvalue weighted by Crippen LogP contribution is 2.30. The van der Waals surface area contributed by atoms with Crippen LogP contribution in [0.3, 0.4) is 0 Å². The van der Waals surface area contributed by atoms with Crippen LogP contribution in [0.25, 0.3) is 0 Å². The number of hydrogen-bond acceptors (Lipinski definition) is 4. The zero-order valence-corrected chi connectivity index (χ0v) is 14.3. The van der Waals surface area contributed by atoms with Crippen LogP contribution in [0.2, 0.25) is 0 Å². The lowest BCUT2D eigenvalue weighted by Crippen LogP contribution is -2.18. The minimum Gasteiger partial charge on any atom is -0.506 e. The molecule has 0 spiro atoms. The third-order valence-corrected chi connectivity index (χ3v) is 4.16. The fourth-order valence-electron chi connectivity index (χ4n) is 2.71. The number of benzene rings is 2. The molecule has 2 aromatic rings. The molecule has 0 radical (unpaired) electrons. The van der Waals surface area contributed by atoms with Crippen LogP contribution < -0.4 is 5.32 Å². The number of phenols is 1. The number of amides is 1. The van der Waals surface area contributed by atoms with Gasteiger partial charge in [-0.3, -0.25) is 4.79 Å². The normalized spacial score (nSPS) is 15.1. The van der Waals surface area contributed by atoms with Crippen LogP contribution >= 0.6 is 0 Å². The van der Waals surface area contributed by atoms with Gasteiger partial charge in [0.15, 0.2) is 6.29 Å². The second-order valence-corrected chi connectivity index (χ2v) is 6.24. The molecule has 5 heteroatoms.